The van der Waals surface area contributed by atoms with Crippen LogP contribution in [0, 0.1) is 5.92 Å². The number of amides is 2. The first-order chi connectivity index (χ1) is 7.49. The Kier molecular flexibility index (Phi) is 7.00. The van der Waals surface area contributed by atoms with Crippen molar-refractivity contribution in [1.82, 2.24) is 10.2 Å². The van der Waals surface area contributed by atoms with E-state index >= 15 is 0 Å². The van der Waals surface area contributed by atoms with Crippen molar-refractivity contribution in [3.05, 3.63) is 12.7 Å². The number of aliphatic carboxylic acids is 1. The van der Waals surface area contributed by atoms with E-state index in [1.54, 1.807) is 20.0 Å². The second kappa shape index (κ2) is 7.73. The van der Waals surface area contributed by atoms with Crippen LogP contribution in [0.5, 0.6) is 0 Å². The smallest absolute Gasteiger partial charge is 0.317 e. The number of unbranched alkanes of at least 4 members (excludes halogenated alkanes) is 1. The molecule has 0 aliphatic carbocycles. The van der Waals surface area contributed by atoms with E-state index in [0.717, 1.165) is 12.8 Å². The van der Waals surface area contributed by atoms with Crippen molar-refractivity contribution in [2.24, 2.45) is 5.92 Å². The highest BCUT2D eigenvalue weighted by Crippen LogP contribution is 1.98. The Morgan fingerprint density at radius 2 is 2.19 bits per heavy atom. The molecule has 0 spiro atoms. The average Bonchev–Trinajstić information content (AvgIpc) is 2.23. The molecule has 0 rings (SSSR count). The van der Waals surface area contributed by atoms with Crippen LogP contribution in [0.3, 0.4) is 0 Å². The molecule has 1 atom stereocenters. The van der Waals surface area contributed by atoms with Crippen molar-refractivity contribution >= 4 is 12.0 Å². The van der Waals surface area contributed by atoms with Crippen LogP contribution in [-0.4, -0.2) is 42.1 Å². The third-order valence-electron chi connectivity index (χ3n) is 2.18. The summed E-state index contributed by atoms with van der Waals surface area (Å²) >= 11 is 0. The lowest BCUT2D eigenvalue weighted by Gasteiger charge is -2.19. The average molecular weight is 228 g/mol. The predicted octanol–water partition coefficient (Wildman–Crippen LogP) is 1.31. The highest BCUT2D eigenvalue weighted by atomic mass is 16.4. The van der Waals surface area contributed by atoms with Crippen LogP contribution in [0.1, 0.15) is 19.8 Å². The van der Waals surface area contributed by atoms with Crippen molar-refractivity contribution in [2.75, 3.05) is 20.1 Å². The summed E-state index contributed by atoms with van der Waals surface area (Å²) in [5, 5.41) is 11.4. The fourth-order valence-corrected chi connectivity index (χ4v) is 1.15. The van der Waals surface area contributed by atoms with E-state index in [1.807, 2.05) is 0 Å². The van der Waals surface area contributed by atoms with E-state index in [2.05, 4.69) is 11.9 Å². The number of nitrogens with zero attached hydrogens (tertiary/aromatic N) is 1. The lowest BCUT2D eigenvalue weighted by Crippen LogP contribution is -2.41. The second-order valence-electron chi connectivity index (χ2n) is 3.78. The number of allylic oxidation sites excluding steroid dienone is 1. The number of nitrogens with one attached hydrogen (secondary N) is 1. The molecule has 2 amide bonds. The van der Waals surface area contributed by atoms with Gasteiger partial charge in [-0.05, 0) is 12.8 Å². The zero-order chi connectivity index (χ0) is 12.6. The van der Waals surface area contributed by atoms with Crippen molar-refractivity contribution < 1.29 is 14.7 Å². The molecule has 0 fully saturated rings. The first-order valence-electron chi connectivity index (χ1n) is 5.31. The van der Waals surface area contributed by atoms with Gasteiger partial charge < -0.3 is 15.3 Å². The largest absolute Gasteiger partial charge is 0.481 e. The third-order valence-corrected chi connectivity index (χ3v) is 2.18. The summed E-state index contributed by atoms with van der Waals surface area (Å²) in [7, 11) is 1.59. The SMILES string of the molecule is C=CCCCNC(=O)N(C)CC(C)C(=O)O. The number of carboxylic acid groups (broad SMARTS) is 1. The summed E-state index contributed by atoms with van der Waals surface area (Å²) in [6.07, 6.45) is 3.50. The molecule has 0 radical (unpaired) electrons. The van der Waals surface area contributed by atoms with Crippen LogP contribution in [0.15, 0.2) is 12.7 Å². The van der Waals surface area contributed by atoms with Crippen molar-refractivity contribution in [3.63, 3.8) is 0 Å². The van der Waals surface area contributed by atoms with Gasteiger partial charge in [-0.3, -0.25) is 4.79 Å². The number of carbonyl (C=O) groups excluding carboxylic acids is 1. The molecule has 5 heteroatoms. The van der Waals surface area contributed by atoms with Crippen LogP contribution in [-0.2, 0) is 4.79 Å². The normalized spacial score (nSPS) is 11.6. The molecule has 0 heterocycles. The van der Waals surface area contributed by atoms with Crippen LogP contribution < -0.4 is 5.32 Å². The summed E-state index contributed by atoms with van der Waals surface area (Å²) in [4.78, 5) is 23.4. The lowest BCUT2D eigenvalue weighted by molar-refractivity contribution is -0.141. The molecule has 0 saturated carbocycles. The summed E-state index contributed by atoms with van der Waals surface area (Å²) in [5.74, 6) is -1.45. The zero-order valence-corrected chi connectivity index (χ0v) is 9.90. The maximum atomic E-state index is 11.5. The molecule has 0 aromatic rings. The molecule has 1 unspecified atom stereocenters. The molecule has 0 saturated heterocycles. The fraction of sp³-hybridized carbons (Fsp3) is 0.636. The minimum absolute atomic E-state index is 0.211. The first-order valence-corrected chi connectivity index (χ1v) is 5.31. The van der Waals surface area contributed by atoms with Gasteiger partial charge in [0.2, 0.25) is 0 Å². The molecule has 0 aromatic carbocycles. The fourth-order valence-electron chi connectivity index (χ4n) is 1.15. The zero-order valence-electron chi connectivity index (χ0n) is 9.90. The predicted molar refractivity (Wildman–Crippen MR) is 62.3 cm³/mol. The minimum atomic E-state index is -0.897. The van der Waals surface area contributed by atoms with Gasteiger partial charge in [0.1, 0.15) is 0 Å². The van der Waals surface area contributed by atoms with Crippen LogP contribution in [0.25, 0.3) is 0 Å². The molecular formula is C11H20N2O3. The van der Waals surface area contributed by atoms with Gasteiger partial charge in [-0.1, -0.05) is 13.0 Å². The van der Waals surface area contributed by atoms with E-state index in [4.69, 9.17) is 5.11 Å². The number of urea groups is 1. The number of rotatable bonds is 7. The first kappa shape index (κ1) is 14.5. The lowest BCUT2D eigenvalue weighted by atomic mass is 10.2. The Hall–Kier alpha value is -1.52. The van der Waals surface area contributed by atoms with E-state index < -0.39 is 11.9 Å². The Morgan fingerprint density at radius 3 is 2.69 bits per heavy atom. The molecule has 0 bridgehead atoms. The van der Waals surface area contributed by atoms with Crippen LogP contribution in [0.4, 0.5) is 4.79 Å². The van der Waals surface area contributed by atoms with E-state index in [0.29, 0.717) is 6.54 Å². The minimum Gasteiger partial charge on any atom is -0.481 e. The van der Waals surface area contributed by atoms with Gasteiger partial charge in [-0.2, -0.15) is 0 Å². The van der Waals surface area contributed by atoms with Crippen molar-refractivity contribution in [1.29, 1.82) is 0 Å². The number of carbonyl (C=O) groups is 2. The number of hydrogen-bond acceptors (Lipinski definition) is 2. The van der Waals surface area contributed by atoms with Gasteiger partial charge in [0.25, 0.3) is 0 Å². The molecule has 0 aliphatic heterocycles. The van der Waals surface area contributed by atoms with E-state index in [-0.39, 0.29) is 12.6 Å². The van der Waals surface area contributed by atoms with Crippen LogP contribution >= 0.6 is 0 Å². The summed E-state index contributed by atoms with van der Waals surface area (Å²) in [6.45, 7) is 5.95. The van der Waals surface area contributed by atoms with Crippen LogP contribution in [0.2, 0.25) is 0 Å². The maximum Gasteiger partial charge on any atom is 0.317 e. The van der Waals surface area contributed by atoms with E-state index in [1.165, 1.54) is 4.90 Å². The van der Waals surface area contributed by atoms with Gasteiger partial charge in [0, 0.05) is 20.1 Å². The number of hydrogen-bond donors (Lipinski definition) is 2. The molecule has 0 aliphatic rings. The summed E-state index contributed by atoms with van der Waals surface area (Å²) in [6, 6.07) is -0.239. The van der Waals surface area contributed by atoms with Crippen molar-refractivity contribution in [2.45, 2.75) is 19.8 Å². The second-order valence-corrected chi connectivity index (χ2v) is 3.78. The summed E-state index contributed by atoms with van der Waals surface area (Å²) in [5.41, 5.74) is 0. The van der Waals surface area contributed by atoms with Gasteiger partial charge in [-0.15, -0.1) is 6.58 Å². The third kappa shape index (κ3) is 6.06. The Balaban J connectivity index is 3.81. The molecule has 16 heavy (non-hydrogen) atoms. The molecule has 2 N–H and O–H groups in total. The molecular weight excluding hydrogens is 208 g/mol. The topological polar surface area (TPSA) is 69.6 Å². The maximum absolute atomic E-state index is 11.5. The number of carboxylic acids is 1. The standard InChI is InChI=1S/C11H20N2O3/c1-4-5-6-7-12-11(16)13(3)8-9(2)10(14)15/h4,9H,1,5-8H2,2-3H3,(H,12,16)(H,14,15). The highest BCUT2D eigenvalue weighted by molar-refractivity contribution is 5.75. The Bertz CT molecular complexity index is 254. The van der Waals surface area contributed by atoms with Gasteiger partial charge in [0.15, 0.2) is 0 Å². The molecule has 5 nitrogen and oxygen atoms in total. The van der Waals surface area contributed by atoms with Gasteiger partial charge in [-0.25, -0.2) is 4.79 Å². The summed E-state index contributed by atoms with van der Waals surface area (Å²) < 4.78 is 0. The van der Waals surface area contributed by atoms with Crippen molar-refractivity contribution in [3.8, 4) is 0 Å². The monoisotopic (exact) mass is 228 g/mol. The Morgan fingerprint density at radius 1 is 1.56 bits per heavy atom. The molecule has 0 aromatic heterocycles. The highest BCUT2D eigenvalue weighted by Gasteiger charge is 2.16. The van der Waals surface area contributed by atoms with Gasteiger partial charge >= 0.3 is 12.0 Å². The Labute approximate surface area is 96.1 Å². The molecule has 92 valence electrons. The van der Waals surface area contributed by atoms with E-state index in [9.17, 15) is 9.59 Å². The van der Waals surface area contributed by atoms with Gasteiger partial charge in [0.05, 0.1) is 5.92 Å². The quantitative estimate of drug-likeness (QED) is 0.510.